The smallest absolute Gasteiger partial charge is 0.0179 e. The standard InChI is InChI=1S/C8H13Cl/c1-6(2)5-7(3)8(4)9/h5H,1-4H3/b8-7+. The van der Waals surface area contributed by atoms with Crippen LogP contribution in [0.2, 0.25) is 0 Å². The van der Waals surface area contributed by atoms with E-state index in [1.54, 1.807) is 0 Å². The summed E-state index contributed by atoms with van der Waals surface area (Å²) in [6.07, 6.45) is 2.07. The zero-order valence-electron chi connectivity index (χ0n) is 6.46. The van der Waals surface area contributed by atoms with Gasteiger partial charge < -0.3 is 0 Å². The van der Waals surface area contributed by atoms with E-state index in [-0.39, 0.29) is 0 Å². The highest BCUT2D eigenvalue weighted by molar-refractivity contribution is 6.29. The topological polar surface area (TPSA) is 0 Å². The van der Waals surface area contributed by atoms with Gasteiger partial charge in [0.25, 0.3) is 0 Å². The van der Waals surface area contributed by atoms with E-state index >= 15 is 0 Å². The van der Waals surface area contributed by atoms with Crippen molar-refractivity contribution in [2.75, 3.05) is 0 Å². The van der Waals surface area contributed by atoms with Crippen LogP contribution in [0.3, 0.4) is 0 Å². The largest absolute Gasteiger partial charge is 0.0892 e. The maximum atomic E-state index is 5.71. The van der Waals surface area contributed by atoms with Crippen LogP contribution in [0.5, 0.6) is 0 Å². The lowest BCUT2D eigenvalue weighted by atomic mass is 10.2. The van der Waals surface area contributed by atoms with E-state index in [1.807, 2.05) is 13.8 Å². The van der Waals surface area contributed by atoms with Crippen LogP contribution in [0.25, 0.3) is 0 Å². The number of rotatable bonds is 1. The molecule has 0 atom stereocenters. The van der Waals surface area contributed by atoms with Crippen molar-refractivity contribution in [1.29, 1.82) is 0 Å². The number of hydrogen-bond donors (Lipinski definition) is 0. The van der Waals surface area contributed by atoms with Crippen LogP contribution in [0.4, 0.5) is 0 Å². The summed E-state index contributed by atoms with van der Waals surface area (Å²) in [6, 6.07) is 0. The molecule has 52 valence electrons. The molecule has 0 bridgehead atoms. The SMILES string of the molecule is CC(C)=C/C(C)=C(\C)Cl. The minimum atomic E-state index is 0.871. The minimum Gasteiger partial charge on any atom is -0.0892 e. The molecule has 0 radical (unpaired) electrons. The molecule has 0 aliphatic carbocycles. The van der Waals surface area contributed by atoms with Crippen LogP contribution < -0.4 is 0 Å². The van der Waals surface area contributed by atoms with Crippen molar-refractivity contribution in [2.24, 2.45) is 0 Å². The van der Waals surface area contributed by atoms with E-state index in [2.05, 4.69) is 19.9 Å². The summed E-state index contributed by atoms with van der Waals surface area (Å²) in [6.45, 7) is 8.03. The molecule has 0 amide bonds. The fraction of sp³-hybridized carbons (Fsp3) is 0.500. The Morgan fingerprint density at radius 1 is 1.11 bits per heavy atom. The fourth-order valence-corrected chi connectivity index (χ4v) is 0.587. The molecule has 9 heavy (non-hydrogen) atoms. The summed E-state index contributed by atoms with van der Waals surface area (Å²) < 4.78 is 0. The lowest BCUT2D eigenvalue weighted by molar-refractivity contribution is 1.33. The van der Waals surface area contributed by atoms with Crippen molar-refractivity contribution in [3.05, 3.63) is 22.3 Å². The van der Waals surface area contributed by atoms with Gasteiger partial charge in [-0.25, -0.2) is 0 Å². The highest BCUT2D eigenvalue weighted by Crippen LogP contribution is 2.10. The molecule has 0 nitrogen and oxygen atoms in total. The Morgan fingerprint density at radius 3 is 1.67 bits per heavy atom. The first-order valence-electron chi connectivity index (χ1n) is 3.02. The molecule has 0 fully saturated rings. The molecule has 0 saturated carbocycles. The first kappa shape index (κ1) is 8.77. The van der Waals surface area contributed by atoms with E-state index in [9.17, 15) is 0 Å². The van der Waals surface area contributed by atoms with Gasteiger partial charge in [-0.3, -0.25) is 0 Å². The van der Waals surface area contributed by atoms with E-state index < -0.39 is 0 Å². The Bertz CT molecular complexity index is 144. The predicted molar refractivity (Wildman–Crippen MR) is 43.7 cm³/mol. The summed E-state index contributed by atoms with van der Waals surface area (Å²) in [4.78, 5) is 0. The molecule has 0 aliphatic rings. The van der Waals surface area contributed by atoms with Gasteiger partial charge in [0, 0.05) is 5.03 Å². The van der Waals surface area contributed by atoms with Crippen molar-refractivity contribution >= 4 is 11.6 Å². The highest BCUT2D eigenvalue weighted by Gasteiger charge is 1.86. The molecule has 0 aliphatic heterocycles. The van der Waals surface area contributed by atoms with Crippen molar-refractivity contribution < 1.29 is 0 Å². The first-order valence-corrected chi connectivity index (χ1v) is 3.39. The molecule has 0 aromatic carbocycles. The quantitative estimate of drug-likeness (QED) is 0.495. The third-order valence-corrected chi connectivity index (χ3v) is 1.35. The average molecular weight is 145 g/mol. The second-order valence-corrected chi connectivity index (χ2v) is 3.01. The summed E-state index contributed by atoms with van der Waals surface area (Å²) in [5.41, 5.74) is 2.43. The third-order valence-electron chi connectivity index (χ3n) is 1.05. The Balaban J connectivity index is 4.25. The van der Waals surface area contributed by atoms with Crippen LogP contribution in [0, 0.1) is 0 Å². The molecular formula is C8H13Cl. The Kier molecular flexibility index (Phi) is 3.64. The summed E-state index contributed by atoms with van der Waals surface area (Å²) in [5, 5.41) is 0.871. The zero-order valence-corrected chi connectivity index (χ0v) is 7.21. The van der Waals surface area contributed by atoms with Crippen molar-refractivity contribution in [3.63, 3.8) is 0 Å². The Morgan fingerprint density at radius 2 is 1.56 bits per heavy atom. The molecule has 1 heteroatoms. The predicted octanol–water partition coefficient (Wildman–Crippen LogP) is 3.49. The second kappa shape index (κ2) is 3.73. The number of hydrogen-bond acceptors (Lipinski definition) is 0. The zero-order chi connectivity index (χ0) is 7.44. The van der Waals surface area contributed by atoms with Gasteiger partial charge in [0.15, 0.2) is 0 Å². The van der Waals surface area contributed by atoms with Gasteiger partial charge in [0.05, 0.1) is 0 Å². The van der Waals surface area contributed by atoms with Gasteiger partial charge in [-0.05, 0) is 33.3 Å². The van der Waals surface area contributed by atoms with Crippen LogP contribution >= 0.6 is 11.6 Å². The monoisotopic (exact) mass is 144 g/mol. The van der Waals surface area contributed by atoms with Gasteiger partial charge in [-0.1, -0.05) is 23.3 Å². The maximum absolute atomic E-state index is 5.71. The van der Waals surface area contributed by atoms with Crippen LogP contribution in [0.1, 0.15) is 27.7 Å². The average Bonchev–Trinajstić information content (AvgIpc) is 1.63. The van der Waals surface area contributed by atoms with E-state index in [4.69, 9.17) is 11.6 Å². The summed E-state index contributed by atoms with van der Waals surface area (Å²) in [7, 11) is 0. The van der Waals surface area contributed by atoms with Gasteiger partial charge in [0.2, 0.25) is 0 Å². The van der Waals surface area contributed by atoms with E-state index in [0.717, 1.165) is 10.6 Å². The Labute approximate surface area is 62.2 Å². The molecule has 0 unspecified atom stereocenters. The second-order valence-electron chi connectivity index (χ2n) is 2.44. The molecular weight excluding hydrogens is 132 g/mol. The fourth-order valence-electron chi connectivity index (χ4n) is 0.532. The first-order chi connectivity index (χ1) is 4.04. The summed E-state index contributed by atoms with van der Waals surface area (Å²) in [5.74, 6) is 0. The molecule has 0 aromatic rings. The summed E-state index contributed by atoms with van der Waals surface area (Å²) >= 11 is 5.71. The Hall–Kier alpha value is -0.230. The number of allylic oxidation sites excluding steroid dienone is 4. The molecule has 0 saturated heterocycles. The van der Waals surface area contributed by atoms with Gasteiger partial charge in [-0.2, -0.15) is 0 Å². The van der Waals surface area contributed by atoms with Crippen molar-refractivity contribution in [3.8, 4) is 0 Å². The molecule has 0 heterocycles. The molecule has 0 rings (SSSR count). The maximum Gasteiger partial charge on any atom is 0.0179 e. The lowest BCUT2D eigenvalue weighted by Crippen LogP contribution is -1.72. The van der Waals surface area contributed by atoms with Crippen LogP contribution in [0.15, 0.2) is 22.3 Å². The van der Waals surface area contributed by atoms with Gasteiger partial charge in [0.1, 0.15) is 0 Å². The van der Waals surface area contributed by atoms with Gasteiger partial charge >= 0.3 is 0 Å². The molecule has 0 N–H and O–H groups in total. The molecule has 0 spiro atoms. The van der Waals surface area contributed by atoms with Gasteiger partial charge in [-0.15, -0.1) is 0 Å². The number of halogens is 1. The third kappa shape index (κ3) is 4.28. The molecule has 0 aromatic heterocycles. The van der Waals surface area contributed by atoms with Crippen LogP contribution in [-0.4, -0.2) is 0 Å². The van der Waals surface area contributed by atoms with Crippen molar-refractivity contribution in [2.45, 2.75) is 27.7 Å². The van der Waals surface area contributed by atoms with E-state index in [0.29, 0.717) is 0 Å². The lowest BCUT2D eigenvalue weighted by Gasteiger charge is -1.93. The minimum absolute atomic E-state index is 0.871. The normalized spacial score (nSPS) is 12.6. The van der Waals surface area contributed by atoms with Crippen molar-refractivity contribution in [1.82, 2.24) is 0 Å². The van der Waals surface area contributed by atoms with E-state index in [1.165, 1.54) is 5.57 Å². The van der Waals surface area contributed by atoms with Crippen LogP contribution in [-0.2, 0) is 0 Å². The highest BCUT2D eigenvalue weighted by atomic mass is 35.5.